The molecule has 0 fully saturated rings. The zero-order valence-corrected chi connectivity index (χ0v) is 17.3. The van der Waals surface area contributed by atoms with Crippen molar-refractivity contribution in [3.63, 3.8) is 0 Å². The van der Waals surface area contributed by atoms with Crippen LogP contribution in [-0.2, 0) is 16.6 Å². The summed E-state index contributed by atoms with van der Waals surface area (Å²) in [6.45, 7) is 1.86. The van der Waals surface area contributed by atoms with E-state index in [1.165, 1.54) is 25.3 Å². The van der Waals surface area contributed by atoms with Crippen LogP contribution in [0.4, 0.5) is 11.4 Å². The van der Waals surface area contributed by atoms with Crippen molar-refractivity contribution in [3.05, 3.63) is 93.5 Å². The Balaban J connectivity index is 1.87. The highest BCUT2D eigenvalue weighted by Gasteiger charge is 2.21. The van der Waals surface area contributed by atoms with Crippen molar-refractivity contribution < 1.29 is 18.7 Å². The molecular formula is C22H20N2O5S. The summed E-state index contributed by atoms with van der Waals surface area (Å²) in [6, 6.07) is 18.3. The van der Waals surface area contributed by atoms with Crippen molar-refractivity contribution in [3.8, 4) is 5.75 Å². The minimum atomic E-state index is -1.55. The first-order chi connectivity index (χ1) is 14.4. The van der Waals surface area contributed by atoms with Gasteiger partial charge in [-0.05, 0) is 36.8 Å². The molecule has 3 aromatic rings. The summed E-state index contributed by atoms with van der Waals surface area (Å²) in [5.41, 5.74) is 1.68. The molecule has 1 amide bonds. The number of carbonyl (C=O) groups excluding carboxylic acids is 1. The number of aryl methyl sites for hydroxylation is 1. The van der Waals surface area contributed by atoms with E-state index >= 15 is 0 Å². The highest BCUT2D eigenvalue weighted by Crippen LogP contribution is 2.28. The highest BCUT2D eigenvalue weighted by molar-refractivity contribution is 7.84. The fourth-order valence-electron chi connectivity index (χ4n) is 2.93. The number of methoxy groups -OCH3 is 1. The first-order valence-corrected chi connectivity index (χ1v) is 10.4. The topological polar surface area (TPSA) is 98.5 Å². The van der Waals surface area contributed by atoms with Gasteiger partial charge in [0.1, 0.15) is 5.75 Å². The predicted molar refractivity (Wildman–Crippen MR) is 115 cm³/mol. The van der Waals surface area contributed by atoms with E-state index in [0.717, 1.165) is 5.56 Å². The molecule has 0 bridgehead atoms. The average Bonchev–Trinajstić information content (AvgIpc) is 2.75. The zero-order chi connectivity index (χ0) is 21.7. The summed E-state index contributed by atoms with van der Waals surface area (Å²) in [5.74, 6) is -0.0753. The Labute approximate surface area is 176 Å². The number of nitrogens with one attached hydrogen (secondary N) is 1. The first kappa shape index (κ1) is 21.2. The summed E-state index contributed by atoms with van der Waals surface area (Å²) >= 11 is 0. The molecular weight excluding hydrogens is 404 g/mol. The maximum atomic E-state index is 12.8. The summed E-state index contributed by atoms with van der Waals surface area (Å²) in [4.78, 5) is 24.1. The lowest BCUT2D eigenvalue weighted by Crippen LogP contribution is -2.13. The SMILES string of the molecule is COc1ccccc1S(=O)Cc1ccc(C(=O)Nc2ccccc2C)cc1[N+](=O)[O-]. The van der Waals surface area contributed by atoms with Gasteiger partial charge in [0.2, 0.25) is 0 Å². The normalized spacial score (nSPS) is 11.5. The van der Waals surface area contributed by atoms with Crippen LogP contribution in [0.25, 0.3) is 0 Å². The molecule has 0 aliphatic heterocycles. The van der Waals surface area contributed by atoms with Crippen LogP contribution >= 0.6 is 0 Å². The van der Waals surface area contributed by atoms with Gasteiger partial charge in [0.05, 0.1) is 33.5 Å². The number of rotatable bonds is 7. The third-order valence-corrected chi connectivity index (χ3v) is 5.94. The number of hydrogen-bond acceptors (Lipinski definition) is 5. The monoisotopic (exact) mass is 424 g/mol. The third-order valence-electron chi connectivity index (χ3n) is 4.54. The molecule has 0 aromatic heterocycles. The number of carbonyl (C=O) groups is 1. The zero-order valence-electron chi connectivity index (χ0n) is 16.5. The van der Waals surface area contributed by atoms with Gasteiger partial charge in [-0.15, -0.1) is 0 Å². The fourth-order valence-corrected chi connectivity index (χ4v) is 4.22. The van der Waals surface area contributed by atoms with E-state index in [2.05, 4.69) is 5.32 Å². The molecule has 154 valence electrons. The van der Waals surface area contributed by atoms with E-state index in [1.54, 1.807) is 36.4 Å². The standard InChI is InChI=1S/C22H20N2O5S/c1-15-7-3-4-8-18(15)23-22(25)16-11-12-17(19(13-16)24(26)27)14-30(28)21-10-6-5-9-20(21)29-2/h3-13H,14H2,1-2H3,(H,23,25). The molecule has 0 radical (unpaired) electrons. The molecule has 1 unspecified atom stereocenters. The Hall–Kier alpha value is -3.52. The fraction of sp³-hybridized carbons (Fsp3) is 0.136. The van der Waals surface area contributed by atoms with Gasteiger partial charge in [-0.2, -0.15) is 0 Å². The van der Waals surface area contributed by atoms with Crippen LogP contribution < -0.4 is 10.1 Å². The van der Waals surface area contributed by atoms with E-state index < -0.39 is 21.6 Å². The molecule has 0 saturated heterocycles. The lowest BCUT2D eigenvalue weighted by atomic mass is 10.1. The quantitative estimate of drug-likeness (QED) is 0.446. The number of benzene rings is 3. The average molecular weight is 424 g/mol. The summed E-state index contributed by atoms with van der Waals surface area (Å²) in [7, 11) is -0.0820. The number of nitrogens with zero attached hydrogens (tertiary/aromatic N) is 1. The second-order valence-electron chi connectivity index (χ2n) is 6.51. The van der Waals surface area contributed by atoms with E-state index in [0.29, 0.717) is 16.3 Å². The van der Waals surface area contributed by atoms with Crippen molar-refractivity contribution in [2.45, 2.75) is 17.6 Å². The Morgan fingerprint density at radius 2 is 1.80 bits per heavy atom. The summed E-state index contributed by atoms with van der Waals surface area (Å²) in [6.07, 6.45) is 0. The van der Waals surface area contributed by atoms with Gasteiger partial charge >= 0.3 is 0 Å². The summed E-state index contributed by atoms with van der Waals surface area (Å²) < 4.78 is 18.0. The van der Waals surface area contributed by atoms with Crippen LogP contribution in [0.15, 0.2) is 71.6 Å². The van der Waals surface area contributed by atoms with Gasteiger partial charge in [0.15, 0.2) is 0 Å². The molecule has 1 atom stereocenters. The van der Waals surface area contributed by atoms with Gasteiger partial charge in [-0.3, -0.25) is 19.1 Å². The third kappa shape index (κ3) is 4.72. The number of ether oxygens (including phenoxy) is 1. The van der Waals surface area contributed by atoms with Crippen LogP contribution in [0, 0.1) is 17.0 Å². The van der Waals surface area contributed by atoms with E-state index in [9.17, 15) is 19.1 Å². The van der Waals surface area contributed by atoms with E-state index in [-0.39, 0.29) is 22.6 Å². The van der Waals surface area contributed by atoms with Crippen molar-refractivity contribution in [2.24, 2.45) is 0 Å². The lowest BCUT2D eigenvalue weighted by Gasteiger charge is -2.10. The predicted octanol–water partition coefficient (Wildman–Crippen LogP) is 4.47. The van der Waals surface area contributed by atoms with Gasteiger partial charge in [-0.1, -0.05) is 36.4 Å². The van der Waals surface area contributed by atoms with Crippen molar-refractivity contribution in [1.29, 1.82) is 0 Å². The second-order valence-corrected chi connectivity index (χ2v) is 7.93. The molecule has 3 aromatic carbocycles. The van der Waals surface area contributed by atoms with Gasteiger partial charge < -0.3 is 10.1 Å². The van der Waals surface area contributed by atoms with Crippen molar-refractivity contribution >= 4 is 28.1 Å². The number of amides is 1. The maximum absolute atomic E-state index is 12.8. The van der Waals surface area contributed by atoms with Gasteiger partial charge in [-0.25, -0.2) is 0 Å². The van der Waals surface area contributed by atoms with Gasteiger partial charge in [0, 0.05) is 22.9 Å². The molecule has 3 rings (SSSR count). The van der Waals surface area contributed by atoms with E-state index in [4.69, 9.17) is 4.74 Å². The molecule has 1 N–H and O–H groups in total. The molecule has 7 nitrogen and oxygen atoms in total. The Morgan fingerprint density at radius 1 is 1.10 bits per heavy atom. The Morgan fingerprint density at radius 3 is 2.50 bits per heavy atom. The molecule has 0 heterocycles. The Kier molecular flexibility index (Phi) is 6.58. The molecule has 0 spiro atoms. The molecule has 8 heteroatoms. The first-order valence-electron chi connectivity index (χ1n) is 9.06. The number of nitro benzene ring substituents is 1. The number of nitro groups is 1. The minimum absolute atomic E-state index is 0.0730. The Bertz CT molecular complexity index is 1130. The smallest absolute Gasteiger partial charge is 0.274 e. The lowest BCUT2D eigenvalue weighted by molar-refractivity contribution is -0.385. The maximum Gasteiger partial charge on any atom is 0.274 e. The van der Waals surface area contributed by atoms with E-state index in [1.807, 2.05) is 19.1 Å². The van der Waals surface area contributed by atoms with Crippen LogP contribution in [0.5, 0.6) is 5.75 Å². The molecule has 0 saturated carbocycles. The van der Waals surface area contributed by atoms with Crippen molar-refractivity contribution in [2.75, 3.05) is 12.4 Å². The largest absolute Gasteiger partial charge is 0.495 e. The number of para-hydroxylation sites is 2. The highest BCUT2D eigenvalue weighted by atomic mass is 32.2. The molecule has 30 heavy (non-hydrogen) atoms. The molecule has 0 aliphatic carbocycles. The van der Waals surface area contributed by atoms with Crippen LogP contribution in [-0.4, -0.2) is 22.1 Å². The molecule has 0 aliphatic rings. The van der Waals surface area contributed by atoms with Crippen LogP contribution in [0.1, 0.15) is 21.5 Å². The minimum Gasteiger partial charge on any atom is -0.495 e. The van der Waals surface area contributed by atoms with Crippen LogP contribution in [0.3, 0.4) is 0 Å². The van der Waals surface area contributed by atoms with Crippen LogP contribution in [0.2, 0.25) is 0 Å². The second kappa shape index (κ2) is 9.32. The number of hydrogen-bond donors (Lipinski definition) is 1. The van der Waals surface area contributed by atoms with Gasteiger partial charge in [0.25, 0.3) is 11.6 Å². The number of anilines is 1. The summed E-state index contributed by atoms with van der Waals surface area (Å²) in [5, 5.41) is 14.4. The van der Waals surface area contributed by atoms with Crippen molar-refractivity contribution in [1.82, 2.24) is 0 Å².